The molecule has 1 saturated heterocycles. The van der Waals surface area contributed by atoms with E-state index in [2.05, 4.69) is 24.1 Å². The van der Waals surface area contributed by atoms with Crippen LogP contribution in [-0.2, 0) is 4.74 Å². The molecule has 1 rings (SSSR count). The summed E-state index contributed by atoms with van der Waals surface area (Å²) in [5.41, 5.74) is 0. The van der Waals surface area contributed by atoms with Crippen molar-refractivity contribution in [2.75, 3.05) is 33.3 Å². The lowest BCUT2D eigenvalue weighted by Gasteiger charge is -2.30. The van der Waals surface area contributed by atoms with Crippen molar-refractivity contribution >= 4 is 0 Å². The fraction of sp³-hybridized carbons (Fsp3) is 1.00. The van der Waals surface area contributed by atoms with Gasteiger partial charge in [-0.25, -0.2) is 0 Å². The van der Waals surface area contributed by atoms with Crippen molar-refractivity contribution in [3.05, 3.63) is 0 Å². The van der Waals surface area contributed by atoms with Gasteiger partial charge in [0.25, 0.3) is 0 Å². The third-order valence-electron chi connectivity index (χ3n) is 2.96. The summed E-state index contributed by atoms with van der Waals surface area (Å²) in [4.78, 5) is 2.56. The monoisotopic (exact) mass is 200 g/mol. The molecule has 0 aromatic rings. The van der Waals surface area contributed by atoms with Crippen LogP contribution in [0.5, 0.6) is 0 Å². The summed E-state index contributed by atoms with van der Waals surface area (Å²) >= 11 is 0. The lowest BCUT2D eigenvalue weighted by molar-refractivity contribution is 0.0628. The normalized spacial score (nSPS) is 24.4. The maximum absolute atomic E-state index is 5.32. The topological polar surface area (TPSA) is 24.5 Å². The first-order valence-electron chi connectivity index (χ1n) is 5.75. The minimum atomic E-state index is 0.349. The van der Waals surface area contributed by atoms with Crippen LogP contribution in [0, 0.1) is 0 Å². The molecule has 0 amide bonds. The molecule has 2 atom stereocenters. The Morgan fingerprint density at radius 1 is 1.57 bits per heavy atom. The van der Waals surface area contributed by atoms with Crippen molar-refractivity contribution in [1.82, 2.24) is 10.2 Å². The highest BCUT2D eigenvalue weighted by Crippen LogP contribution is 2.10. The average Bonchev–Trinajstić information content (AvgIpc) is 2.69. The largest absolute Gasteiger partial charge is 0.380 e. The smallest absolute Gasteiger partial charge is 0.0670 e. The molecule has 1 N–H and O–H groups in total. The molecule has 0 bridgehead atoms. The summed E-state index contributed by atoms with van der Waals surface area (Å²) in [6.45, 7) is 8.97. The summed E-state index contributed by atoms with van der Waals surface area (Å²) in [5, 5.41) is 3.42. The fourth-order valence-corrected chi connectivity index (χ4v) is 2.07. The zero-order valence-corrected chi connectivity index (χ0v) is 9.75. The fourth-order valence-electron chi connectivity index (χ4n) is 2.07. The van der Waals surface area contributed by atoms with E-state index in [1.807, 2.05) is 0 Å². The van der Waals surface area contributed by atoms with Gasteiger partial charge in [-0.1, -0.05) is 6.92 Å². The third kappa shape index (κ3) is 3.56. The lowest BCUT2D eigenvalue weighted by atomic mass is 10.2. The van der Waals surface area contributed by atoms with Crippen LogP contribution < -0.4 is 5.32 Å². The Morgan fingerprint density at radius 2 is 2.36 bits per heavy atom. The average molecular weight is 200 g/mol. The predicted molar refractivity (Wildman–Crippen MR) is 59.6 cm³/mol. The Bertz CT molecular complexity index is 146. The molecule has 0 radical (unpaired) electrons. The van der Waals surface area contributed by atoms with Crippen molar-refractivity contribution in [3.63, 3.8) is 0 Å². The van der Waals surface area contributed by atoms with Gasteiger partial charge in [0.1, 0.15) is 0 Å². The SMILES string of the molecule is CCCN(CC(C)OC)C1CCNC1. The highest BCUT2D eigenvalue weighted by atomic mass is 16.5. The summed E-state index contributed by atoms with van der Waals surface area (Å²) in [7, 11) is 1.79. The van der Waals surface area contributed by atoms with E-state index in [1.165, 1.54) is 25.9 Å². The zero-order chi connectivity index (χ0) is 10.4. The predicted octanol–water partition coefficient (Wildman–Crippen LogP) is 1.10. The molecule has 1 heterocycles. The first-order chi connectivity index (χ1) is 6.77. The van der Waals surface area contributed by atoms with E-state index >= 15 is 0 Å². The van der Waals surface area contributed by atoms with Crippen molar-refractivity contribution < 1.29 is 4.74 Å². The maximum atomic E-state index is 5.32. The van der Waals surface area contributed by atoms with E-state index in [1.54, 1.807) is 7.11 Å². The van der Waals surface area contributed by atoms with Gasteiger partial charge in [0.05, 0.1) is 6.10 Å². The molecular weight excluding hydrogens is 176 g/mol. The number of rotatable bonds is 6. The minimum Gasteiger partial charge on any atom is -0.380 e. The van der Waals surface area contributed by atoms with E-state index in [0.29, 0.717) is 6.10 Å². The molecule has 1 aliphatic rings. The van der Waals surface area contributed by atoms with Crippen LogP contribution in [0.25, 0.3) is 0 Å². The molecule has 0 aromatic heterocycles. The second kappa shape index (κ2) is 6.38. The van der Waals surface area contributed by atoms with Crippen LogP contribution in [0.4, 0.5) is 0 Å². The van der Waals surface area contributed by atoms with Crippen LogP contribution in [0.1, 0.15) is 26.7 Å². The van der Waals surface area contributed by atoms with Gasteiger partial charge in [0.2, 0.25) is 0 Å². The quantitative estimate of drug-likeness (QED) is 0.695. The summed E-state index contributed by atoms with van der Waals surface area (Å²) in [6.07, 6.45) is 2.87. The van der Waals surface area contributed by atoms with Gasteiger partial charge in [-0.05, 0) is 32.9 Å². The van der Waals surface area contributed by atoms with Gasteiger partial charge in [-0.2, -0.15) is 0 Å². The van der Waals surface area contributed by atoms with Crippen molar-refractivity contribution in [1.29, 1.82) is 0 Å². The Morgan fingerprint density at radius 3 is 2.86 bits per heavy atom. The van der Waals surface area contributed by atoms with Crippen LogP contribution in [0.2, 0.25) is 0 Å². The first kappa shape index (κ1) is 12.0. The van der Waals surface area contributed by atoms with Gasteiger partial charge in [0, 0.05) is 26.2 Å². The number of methoxy groups -OCH3 is 1. The maximum Gasteiger partial charge on any atom is 0.0670 e. The molecule has 1 fully saturated rings. The number of nitrogens with zero attached hydrogens (tertiary/aromatic N) is 1. The molecule has 1 aliphatic heterocycles. The molecule has 3 heteroatoms. The van der Waals surface area contributed by atoms with Crippen molar-refractivity contribution in [2.24, 2.45) is 0 Å². The molecule has 14 heavy (non-hydrogen) atoms. The second-order valence-electron chi connectivity index (χ2n) is 4.19. The van der Waals surface area contributed by atoms with Crippen LogP contribution in [-0.4, -0.2) is 50.3 Å². The first-order valence-corrected chi connectivity index (χ1v) is 5.75. The van der Waals surface area contributed by atoms with Gasteiger partial charge in [-0.15, -0.1) is 0 Å². The van der Waals surface area contributed by atoms with E-state index < -0.39 is 0 Å². The number of hydrogen-bond donors (Lipinski definition) is 1. The molecule has 84 valence electrons. The number of hydrogen-bond acceptors (Lipinski definition) is 3. The van der Waals surface area contributed by atoms with Gasteiger partial charge in [-0.3, -0.25) is 4.90 Å². The molecule has 0 aliphatic carbocycles. The molecule has 3 nitrogen and oxygen atoms in total. The van der Waals surface area contributed by atoms with Crippen LogP contribution in [0.15, 0.2) is 0 Å². The molecular formula is C11H24N2O. The van der Waals surface area contributed by atoms with Crippen molar-refractivity contribution in [3.8, 4) is 0 Å². The molecule has 0 spiro atoms. The number of nitrogens with one attached hydrogen (secondary N) is 1. The molecule has 2 unspecified atom stereocenters. The van der Waals surface area contributed by atoms with E-state index in [-0.39, 0.29) is 0 Å². The van der Waals surface area contributed by atoms with Crippen LogP contribution >= 0.6 is 0 Å². The highest BCUT2D eigenvalue weighted by Gasteiger charge is 2.22. The zero-order valence-electron chi connectivity index (χ0n) is 9.75. The Labute approximate surface area is 87.8 Å². The highest BCUT2D eigenvalue weighted by molar-refractivity contribution is 4.81. The van der Waals surface area contributed by atoms with E-state index in [4.69, 9.17) is 4.74 Å². The minimum absolute atomic E-state index is 0.349. The second-order valence-corrected chi connectivity index (χ2v) is 4.19. The Hall–Kier alpha value is -0.120. The van der Waals surface area contributed by atoms with E-state index in [9.17, 15) is 0 Å². The summed E-state index contributed by atoms with van der Waals surface area (Å²) in [6, 6.07) is 0.729. The van der Waals surface area contributed by atoms with Gasteiger partial charge < -0.3 is 10.1 Å². The third-order valence-corrected chi connectivity index (χ3v) is 2.96. The number of ether oxygens (including phenoxy) is 1. The van der Waals surface area contributed by atoms with Crippen LogP contribution in [0.3, 0.4) is 0 Å². The summed E-state index contributed by atoms with van der Waals surface area (Å²) < 4.78 is 5.32. The van der Waals surface area contributed by atoms with Gasteiger partial charge >= 0.3 is 0 Å². The van der Waals surface area contributed by atoms with Crippen molar-refractivity contribution in [2.45, 2.75) is 38.8 Å². The molecule has 0 saturated carbocycles. The summed E-state index contributed by atoms with van der Waals surface area (Å²) in [5.74, 6) is 0. The van der Waals surface area contributed by atoms with E-state index in [0.717, 1.165) is 19.1 Å². The van der Waals surface area contributed by atoms with Gasteiger partial charge in [0.15, 0.2) is 0 Å². The standard InChI is InChI=1S/C11H24N2O/c1-4-7-13(9-10(2)14-3)11-5-6-12-8-11/h10-12H,4-9H2,1-3H3. The lowest BCUT2D eigenvalue weighted by Crippen LogP contribution is -2.41. The Kier molecular flexibility index (Phi) is 5.45. The Balaban J connectivity index is 2.36. The molecule has 0 aromatic carbocycles.